The number of rotatable bonds is 6. The highest BCUT2D eigenvalue weighted by Gasteiger charge is 2.21. The van der Waals surface area contributed by atoms with E-state index in [1.54, 1.807) is 0 Å². The maximum absolute atomic E-state index is 9.79. The second-order valence-corrected chi connectivity index (χ2v) is 10.8. The Morgan fingerprint density at radius 2 is 0.981 bits per heavy atom. The van der Waals surface area contributed by atoms with E-state index in [4.69, 9.17) is 30.5 Å². The Morgan fingerprint density at radius 1 is 0.385 bits per heavy atom. The van der Waals surface area contributed by atoms with Gasteiger partial charge in [-0.2, -0.15) is 0 Å². The van der Waals surface area contributed by atoms with E-state index >= 15 is 0 Å². The lowest BCUT2D eigenvalue weighted by atomic mass is 9.95. The molecule has 0 bridgehead atoms. The fourth-order valence-electron chi connectivity index (χ4n) is 5.60. The third kappa shape index (κ3) is 5.12. The Hall–Kier alpha value is -6.90. The van der Waals surface area contributed by atoms with Crippen molar-refractivity contribution in [1.82, 2.24) is 0 Å². The summed E-state index contributed by atoms with van der Waals surface area (Å²) in [4.78, 5) is 0.298. The first-order valence-corrected chi connectivity index (χ1v) is 15.2. The molecule has 52 heavy (non-hydrogen) atoms. The van der Waals surface area contributed by atoms with Crippen LogP contribution in [0, 0.1) is 0 Å². The Balaban J connectivity index is 1.46. The van der Waals surface area contributed by atoms with Crippen LogP contribution in [-0.4, -0.2) is 0 Å². The van der Waals surface area contributed by atoms with Crippen molar-refractivity contribution in [3.63, 3.8) is 0 Å². The molecule has 10 rings (SSSR count). The van der Waals surface area contributed by atoms with Crippen molar-refractivity contribution in [3.05, 3.63) is 199 Å². The van der Waals surface area contributed by atoms with Gasteiger partial charge in [0.05, 0.1) is 49.6 Å². The van der Waals surface area contributed by atoms with Crippen LogP contribution >= 0.6 is 0 Å². The molecule has 0 N–H and O–H groups in total. The van der Waals surface area contributed by atoms with Gasteiger partial charge in [0.15, 0.2) is 0 Å². The molecule has 0 atom stereocenters. The Labute approximate surface area is 347 Å². The summed E-state index contributed by atoms with van der Waals surface area (Å²) < 4.78 is 295. The molecule has 1 heterocycles. The minimum Gasteiger partial charge on any atom is -0.456 e. The first kappa shape index (κ1) is 11.8. The van der Waals surface area contributed by atoms with Crippen molar-refractivity contribution in [2.75, 3.05) is 4.90 Å². The topological polar surface area (TPSA) is 16.4 Å². The molecule has 0 saturated heterocycles. The average Bonchev–Trinajstić information content (AvgIpc) is 1.36. The van der Waals surface area contributed by atoms with E-state index in [0.29, 0.717) is 4.90 Å². The van der Waals surface area contributed by atoms with Crippen LogP contribution in [0.3, 0.4) is 0 Å². The molecule has 0 spiro atoms. The van der Waals surface area contributed by atoms with Crippen molar-refractivity contribution in [2.24, 2.45) is 0 Å². The summed E-state index contributed by atoms with van der Waals surface area (Å²) in [6, 6.07) is -32.3. The van der Waals surface area contributed by atoms with Crippen molar-refractivity contribution in [2.45, 2.75) is 0 Å². The number of fused-ring (bicyclic) bond motifs is 5. The van der Waals surface area contributed by atoms with E-state index in [1.807, 2.05) is 0 Å². The molecular formula is C50H33NO. The van der Waals surface area contributed by atoms with Crippen molar-refractivity contribution in [1.29, 1.82) is 0 Å². The van der Waals surface area contributed by atoms with Gasteiger partial charge in [-0.25, -0.2) is 0 Å². The molecule has 244 valence electrons. The van der Waals surface area contributed by atoms with Crippen LogP contribution in [-0.2, 0) is 0 Å². The lowest BCUT2D eigenvalue weighted by Crippen LogP contribution is -2.11. The van der Waals surface area contributed by atoms with Crippen LogP contribution in [0.2, 0.25) is 0 Å². The number of hydrogen-bond donors (Lipinski definition) is 0. The normalized spacial score (nSPS) is 20.1. The van der Waals surface area contributed by atoms with E-state index < -0.39 is 287 Å². The number of para-hydroxylation sites is 1. The highest BCUT2D eigenvalue weighted by molar-refractivity contribution is 6.16. The molecule has 0 amide bonds. The molecular weight excluding hydrogens is 631 g/mol. The first-order valence-electron chi connectivity index (χ1n) is 31.2. The molecule has 0 unspecified atom stereocenters. The van der Waals surface area contributed by atoms with Crippen LogP contribution in [0.25, 0.3) is 76.9 Å². The van der Waals surface area contributed by atoms with Gasteiger partial charge in [-0.05, 0) is 97.7 Å². The van der Waals surface area contributed by atoms with Crippen LogP contribution in [0.1, 0.15) is 43.9 Å². The number of nitrogens with zero attached hydrogens (tertiary/aromatic N) is 1. The maximum Gasteiger partial charge on any atom is 0.136 e. The summed E-state index contributed by atoms with van der Waals surface area (Å²) in [6.45, 7) is 0. The van der Waals surface area contributed by atoms with Crippen molar-refractivity contribution in [3.8, 4) is 33.4 Å². The molecule has 0 radical (unpaired) electrons. The third-order valence-electron chi connectivity index (χ3n) is 7.87. The molecule has 2 heteroatoms. The summed E-state index contributed by atoms with van der Waals surface area (Å²) in [5.74, 6) is 0. The molecule has 0 aliphatic heterocycles. The third-order valence-corrected chi connectivity index (χ3v) is 7.87. The number of anilines is 3. The minimum absolute atomic E-state index is 0.298. The second-order valence-electron chi connectivity index (χ2n) is 10.8. The smallest absolute Gasteiger partial charge is 0.136 e. The summed E-state index contributed by atoms with van der Waals surface area (Å²) in [5.41, 5.74) is -10.6. The molecule has 0 fully saturated rings. The van der Waals surface area contributed by atoms with Crippen molar-refractivity contribution < 1.29 is 48.3 Å². The SMILES string of the molecule is [2H]c1cc([2H])c2c(-c3c([2H])c([2H])c(N(c4c([2H])c([2H])c(-c5c([2H])c([2H])c([2H])c([2H])c5[2H])c([2H])c4[2H])c4c([2H])c([2H])c([2H])c([2H])c4-c4c([2H])c([2H])c([2H])c5oc6c([2H])c7c([2H])c([2H])c([2H])c([2H])c7c([2H])c6c45)c([2H])c3[2H])c([2H])c([2H])c([2H])c2c1[2H]. The zero-order valence-corrected chi connectivity index (χ0v) is 25.9. The minimum atomic E-state index is -1.34. The van der Waals surface area contributed by atoms with Crippen LogP contribution in [0.5, 0.6) is 0 Å². The Kier molecular flexibility index (Phi) is 2.83. The van der Waals surface area contributed by atoms with Crippen LogP contribution < -0.4 is 4.90 Å². The molecule has 10 aromatic rings. The van der Waals surface area contributed by atoms with Gasteiger partial charge < -0.3 is 9.32 Å². The van der Waals surface area contributed by atoms with Crippen LogP contribution in [0.4, 0.5) is 17.1 Å². The first-order chi connectivity index (χ1) is 39.1. The second kappa shape index (κ2) is 12.5. The van der Waals surface area contributed by atoms with Gasteiger partial charge >= 0.3 is 0 Å². The van der Waals surface area contributed by atoms with E-state index in [9.17, 15) is 17.8 Å². The van der Waals surface area contributed by atoms with Gasteiger partial charge in [0.1, 0.15) is 11.2 Å². The Morgan fingerprint density at radius 3 is 1.79 bits per heavy atom. The van der Waals surface area contributed by atoms with Crippen LogP contribution in [0.15, 0.2) is 204 Å². The average molecular weight is 696 g/mol. The summed E-state index contributed by atoms with van der Waals surface area (Å²) >= 11 is 0. The van der Waals surface area contributed by atoms with Gasteiger partial charge in [0.2, 0.25) is 0 Å². The van der Waals surface area contributed by atoms with Gasteiger partial charge in [-0.3, -0.25) is 0 Å². The molecule has 0 saturated carbocycles. The number of benzene rings is 9. The zero-order chi connectivity index (χ0) is 62.3. The van der Waals surface area contributed by atoms with Gasteiger partial charge in [0.25, 0.3) is 0 Å². The quantitative estimate of drug-likeness (QED) is 0.172. The highest BCUT2D eigenvalue weighted by atomic mass is 16.3. The van der Waals surface area contributed by atoms with Gasteiger partial charge in [0, 0.05) is 27.7 Å². The molecule has 0 aliphatic carbocycles. The summed E-state index contributed by atoms with van der Waals surface area (Å²) in [7, 11) is 0. The highest BCUT2D eigenvalue weighted by Crippen LogP contribution is 2.45. The summed E-state index contributed by atoms with van der Waals surface area (Å²) in [6.07, 6.45) is 0. The standard InChI is InChI=1S/C50H33NO/c1-2-12-34(13-3-1)35-24-28-40(29-25-35)51(41-30-26-37(27-31-41)43-20-10-17-36-14-6-7-18-42(36)43)47-22-9-8-19-44(47)45-21-11-23-48-50(45)46-32-38-15-4-5-16-39(38)33-49(46)52-48/h1-33H/i1D,2D,3D,4D,5D,6D,8D,9D,10D,11D,12D,13D,14D,15D,16D,17D,18D,19D,20D,21D,22D,23D,24D,25D,26D,27D,28D,29D,30D,31D,32D,33D. The van der Waals surface area contributed by atoms with E-state index in [-0.39, 0.29) is 0 Å². The predicted octanol–water partition coefficient (Wildman–Crippen LogP) is 14.4. The summed E-state index contributed by atoms with van der Waals surface area (Å²) in [5, 5.41) is -3.63. The van der Waals surface area contributed by atoms with E-state index in [1.165, 1.54) is 0 Å². The fourth-order valence-corrected chi connectivity index (χ4v) is 5.60. The largest absolute Gasteiger partial charge is 0.456 e. The van der Waals surface area contributed by atoms with E-state index in [2.05, 4.69) is 0 Å². The number of furan rings is 1. The molecule has 0 aliphatic rings. The van der Waals surface area contributed by atoms with Gasteiger partial charge in [-0.15, -0.1) is 0 Å². The fraction of sp³-hybridized carbons (Fsp3) is 0. The number of hydrogen-bond acceptors (Lipinski definition) is 2. The predicted molar refractivity (Wildman–Crippen MR) is 220 cm³/mol. The monoisotopic (exact) mass is 695 g/mol. The molecule has 1 aromatic heterocycles. The van der Waals surface area contributed by atoms with Crippen molar-refractivity contribution >= 4 is 60.5 Å². The molecule has 2 nitrogen and oxygen atoms in total. The zero-order valence-electron chi connectivity index (χ0n) is 57.9. The Bertz CT molecular complexity index is 4670. The molecule has 9 aromatic carbocycles. The lowest BCUT2D eigenvalue weighted by Gasteiger charge is -2.28. The maximum atomic E-state index is 9.79. The lowest BCUT2D eigenvalue weighted by molar-refractivity contribution is 0.669. The van der Waals surface area contributed by atoms with Gasteiger partial charge in [-0.1, -0.05) is 151 Å². The van der Waals surface area contributed by atoms with E-state index in [0.717, 1.165) is 6.07 Å².